The first-order chi connectivity index (χ1) is 10.2. The molecule has 112 valence electrons. The highest BCUT2D eigenvalue weighted by molar-refractivity contribution is 5.89. The molecule has 4 nitrogen and oxygen atoms in total. The van der Waals surface area contributed by atoms with Crippen LogP contribution < -0.4 is 0 Å². The van der Waals surface area contributed by atoms with Crippen LogP contribution in [0.2, 0.25) is 0 Å². The number of benzene rings is 1. The Balaban J connectivity index is 1.76. The lowest BCUT2D eigenvalue weighted by molar-refractivity contribution is -0.154. The summed E-state index contributed by atoms with van der Waals surface area (Å²) >= 11 is 0. The lowest BCUT2D eigenvalue weighted by Gasteiger charge is -2.34. The molecule has 1 aromatic carbocycles. The predicted molar refractivity (Wildman–Crippen MR) is 76.6 cm³/mol. The van der Waals surface area contributed by atoms with Crippen LogP contribution in [0.15, 0.2) is 30.3 Å². The van der Waals surface area contributed by atoms with Crippen LogP contribution >= 0.6 is 0 Å². The largest absolute Gasteiger partial charge is 0.469 e. The van der Waals surface area contributed by atoms with Crippen molar-refractivity contribution in [2.24, 2.45) is 17.8 Å². The minimum absolute atomic E-state index is 0.244. The molecule has 4 unspecified atom stereocenters. The van der Waals surface area contributed by atoms with Gasteiger partial charge in [-0.05, 0) is 43.2 Å². The molecular formula is C17H20O4. The number of esters is 2. The molecule has 0 radical (unpaired) electrons. The SMILES string of the molecule is COC(=O)C1C2CCC(C2)CC1OC(=O)c1ccccc1. The second-order valence-electron chi connectivity index (χ2n) is 6.03. The molecule has 0 N–H and O–H groups in total. The third-order valence-corrected chi connectivity index (χ3v) is 4.80. The van der Waals surface area contributed by atoms with Gasteiger partial charge >= 0.3 is 11.9 Å². The van der Waals surface area contributed by atoms with Crippen molar-refractivity contribution in [1.82, 2.24) is 0 Å². The fourth-order valence-electron chi connectivity index (χ4n) is 3.81. The predicted octanol–water partition coefficient (Wildman–Crippen LogP) is 2.82. The Morgan fingerprint density at radius 3 is 2.57 bits per heavy atom. The number of carbonyl (C=O) groups is 2. The van der Waals surface area contributed by atoms with E-state index in [4.69, 9.17) is 9.47 Å². The molecule has 0 aromatic heterocycles. The van der Waals surface area contributed by atoms with E-state index in [0.717, 1.165) is 25.7 Å². The van der Waals surface area contributed by atoms with Gasteiger partial charge in [-0.25, -0.2) is 4.79 Å². The maximum atomic E-state index is 12.2. The Bertz CT molecular complexity index is 525. The third-order valence-electron chi connectivity index (χ3n) is 4.80. The molecule has 0 spiro atoms. The molecule has 3 rings (SSSR count). The quantitative estimate of drug-likeness (QED) is 0.803. The van der Waals surface area contributed by atoms with Gasteiger partial charge in [0.2, 0.25) is 0 Å². The molecule has 2 bridgehead atoms. The van der Waals surface area contributed by atoms with Crippen LogP contribution in [-0.4, -0.2) is 25.2 Å². The number of rotatable bonds is 3. The van der Waals surface area contributed by atoms with Crippen molar-refractivity contribution in [3.8, 4) is 0 Å². The number of hydrogen-bond donors (Lipinski definition) is 0. The van der Waals surface area contributed by atoms with Gasteiger partial charge in [0.05, 0.1) is 18.6 Å². The molecule has 0 heterocycles. The van der Waals surface area contributed by atoms with Gasteiger partial charge in [-0.15, -0.1) is 0 Å². The summed E-state index contributed by atoms with van der Waals surface area (Å²) in [5.74, 6) is -0.0299. The van der Waals surface area contributed by atoms with Gasteiger partial charge in [0, 0.05) is 0 Å². The lowest BCUT2D eigenvalue weighted by Crippen LogP contribution is -2.41. The van der Waals surface area contributed by atoms with Crippen molar-refractivity contribution in [2.75, 3.05) is 7.11 Å². The summed E-state index contributed by atoms with van der Waals surface area (Å²) in [6.07, 6.45) is 3.63. The summed E-state index contributed by atoms with van der Waals surface area (Å²) in [5, 5.41) is 0. The molecule has 0 aliphatic heterocycles. The standard InChI is InChI=1S/C17H20O4/c1-20-17(19)15-13-8-7-11(9-13)10-14(15)21-16(18)12-5-3-2-4-6-12/h2-6,11,13-15H,7-10H2,1H3. The fourth-order valence-corrected chi connectivity index (χ4v) is 3.81. The number of hydrogen-bond acceptors (Lipinski definition) is 4. The van der Waals surface area contributed by atoms with Crippen molar-refractivity contribution in [2.45, 2.75) is 31.8 Å². The van der Waals surface area contributed by atoms with Gasteiger partial charge in [-0.3, -0.25) is 4.79 Å². The van der Waals surface area contributed by atoms with E-state index in [9.17, 15) is 9.59 Å². The summed E-state index contributed by atoms with van der Waals surface area (Å²) in [4.78, 5) is 24.3. The Hall–Kier alpha value is -1.84. The first-order valence-corrected chi connectivity index (χ1v) is 7.53. The molecule has 0 saturated heterocycles. The smallest absolute Gasteiger partial charge is 0.338 e. The Morgan fingerprint density at radius 1 is 1.10 bits per heavy atom. The first kappa shape index (κ1) is 14.1. The van der Waals surface area contributed by atoms with Crippen LogP contribution in [-0.2, 0) is 14.3 Å². The van der Waals surface area contributed by atoms with Gasteiger partial charge in [0.1, 0.15) is 6.10 Å². The van der Waals surface area contributed by atoms with Crippen molar-refractivity contribution in [3.05, 3.63) is 35.9 Å². The average Bonchev–Trinajstić information content (AvgIpc) is 2.89. The van der Waals surface area contributed by atoms with Gasteiger partial charge < -0.3 is 9.47 Å². The summed E-state index contributed by atoms with van der Waals surface area (Å²) < 4.78 is 10.6. The zero-order chi connectivity index (χ0) is 14.8. The van der Waals surface area contributed by atoms with Crippen LogP contribution in [0.25, 0.3) is 0 Å². The van der Waals surface area contributed by atoms with Crippen LogP contribution in [0.4, 0.5) is 0 Å². The second-order valence-corrected chi connectivity index (χ2v) is 6.03. The Kier molecular flexibility index (Phi) is 3.95. The van der Waals surface area contributed by atoms with E-state index in [0.29, 0.717) is 17.4 Å². The Labute approximate surface area is 124 Å². The molecule has 2 saturated carbocycles. The molecule has 0 amide bonds. The molecule has 2 aliphatic carbocycles. The number of fused-ring (bicyclic) bond motifs is 2. The van der Waals surface area contributed by atoms with Crippen LogP contribution in [0.3, 0.4) is 0 Å². The molecule has 4 heteroatoms. The van der Waals surface area contributed by atoms with Gasteiger partial charge in [-0.2, -0.15) is 0 Å². The highest BCUT2D eigenvalue weighted by Gasteiger charge is 2.47. The van der Waals surface area contributed by atoms with E-state index >= 15 is 0 Å². The van der Waals surface area contributed by atoms with Gasteiger partial charge in [0.25, 0.3) is 0 Å². The van der Waals surface area contributed by atoms with Gasteiger partial charge in [0.15, 0.2) is 0 Å². The number of carbonyl (C=O) groups excluding carboxylic acids is 2. The van der Waals surface area contributed by atoms with Crippen molar-refractivity contribution in [3.63, 3.8) is 0 Å². The first-order valence-electron chi connectivity index (χ1n) is 7.53. The van der Waals surface area contributed by atoms with E-state index in [1.54, 1.807) is 24.3 Å². The van der Waals surface area contributed by atoms with Crippen LogP contribution in [0.5, 0.6) is 0 Å². The average molecular weight is 288 g/mol. The second kappa shape index (κ2) is 5.88. The zero-order valence-corrected chi connectivity index (χ0v) is 12.2. The van der Waals surface area contributed by atoms with Crippen molar-refractivity contribution < 1.29 is 19.1 Å². The van der Waals surface area contributed by atoms with E-state index in [1.807, 2.05) is 6.07 Å². The maximum absolute atomic E-state index is 12.2. The molecule has 21 heavy (non-hydrogen) atoms. The van der Waals surface area contributed by atoms with Gasteiger partial charge in [-0.1, -0.05) is 24.6 Å². The van der Waals surface area contributed by atoms with E-state index in [2.05, 4.69) is 0 Å². The maximum Gasteiger partial charge on any atom is 0.338 e. The summed E-state index contributed by atoms with van der Waals surface area (Å²) in [7, 11) is 1.40. The monoisotopic (exact) mass is 288 g/mol. The summed E-state index contributed by atoms with van der Waals surface area (Å²) in [6.45, 7) is 0. The molecule has 4 atom stereocenters. The fraction of sp³-hybridized carbons (Fsp3) is 0.529. The van der Waals surface area contributed by atoms with E-state index in [-0.39, 0.29) is 24.0 Å². The summed E-state index contributed by atoms with van der Waals surface area (Å²) in [6, 6.07) is 8.92. The van der Waals surface area contributed by atoms with E-state index in [1.165, 1.54) is 7.11 Å². The van der Waals surface area contributed by atoms with Crippen molar-refractivity contribution >= 4 is 11.9 Å². The van der Waals surface area contributed by atoms with Crippen molar-refractivity contribution in [1.29, 1.82) is 0 Å². The highest BCUT2D eigenvalue weighted by Crippen LogP contribution is 2.47. The lowest BCUT2D eigenvalue weighted by atomic mass is 9.77. The normalized spacial score (nSPS) is 30.7. The summed E-state index contributed by atoms with van der Waals surface area (Å²) in [5.41, 5.74) is 0.527. The third kappa shape index (κ3) is 2.80. The molecular weight excluding hydrogens is 268 g/mol. The van der Waals surface area contributed by atoms with E-state index < -0.39 is 0 Å². The number of methoxy groups -OCH3 is 1. The zero-order valence-electron chi connectivity index (χ0n) is 12.2. The number of ether oxygens (including phenoxy) is 2. The molecule has 2 aliphatic rings. The molecule has 2 fully saturated rings. The topological polar surface area (TPSA) is 52.6 Å². The minimum atomic E-state index is -0.351. The van der Waals surface area contributed by atoms with Crippen LogP contribution in [0.1, 0.15) is 36.0 Å². The van der Waals surface area contributed by atoms with Crippen LogP contribution in [0, 0.1) is 17.8 Å². The minimum Gasteiger partial charge on any atom is -0.469 e. The Morgan fingerprint density at radius 2 is 1.86 bits per heavy atom. The molecule has 1 aromatic rings. The highest BCUT2D eigenvalue weighted by atomic mass is 16.6.